The zero-order chi connectivity index (χ0) is 9.73. The summed E-state index contributed by atoms with van der Waals surface area (Å²) in [5.41, 5.74) is -0.371. The van der Waals surface area contributed by atoms with E-state index in [2.05, 4.69) is 26.0 Å². The van der Waals surface area contributed by atoms with E-state index in [-0.39, 0.29) is 5.60 Å². The number of hydrogen-bond acceptors (Lipinski definition) is 1. The number of hydrogen-bond donors (Lipinski definition) is 1. The Balaban J connectivity index is 2.32. The number of aliphatic hydroxyl groups is 1. The molecule has 1 fully saturated rings. The minimum absolute atomic E-state index is 0.371. The first kappa shape index (κ1) is 10.8. The highest BCUT2D eigenvalue weighted by atomic mass is 16.3. The minimum atomic E-state index is -0.371. The fourth-order valence-corrected chi connectivity index (χ4v) is 1.97. The van der Waals surface area contributed by atoms with Gasteiger partial charge in [0, 0.05) is 0 Å². The maximum Gasteiger partial charge on any atom is 0.0682 e. The lowest BCUT2D eigenvalue weighted by Gasteiger charge is -2.31. The van der Waals surface area contributed by atoms with Gasteiger partial charge in [0.1, 0.15) is 0 Å². The summed E-state index contributed by atoms with van der Waals surface area (Å²) in [5, 5.41) is 10.1. The summed E-state index contributed by atoms with van der Waals surface area (Å²) in [4.78, 5) is 0. The van der Waals surface area contributed by atoms with Gasteiger partial charge in [0.2, 0.25) is 0 Å². The first-order chi connectivity index (χ1) is 6.12. The van der Waals surface area contributed by atoms with Crippen molar-refractivity contribution in [2.45, 2.75) is 58.0 Å². The Morgan fingerprint density at radius 2 is 1.85 bits per heavy atom. The SMILES string of the molecule is CC(C)C=CCC1(O)CCCCC1. The lowest BCUT2D eigenvalue weighted by molar-refractivity contribution is 0.00687. The molecule has 0 aromatic rings. The first-order valence-corrected chi connectivity index (χ1v) is 5.51. The van der Waals surface area contributed by atoms with Crippen LogP contribution in [-0.2, 0) is 0 Å². The molecule has 0 aromatic heterocycles. The van der Waals surface area contributed by atoms with Crippen molar-refractivity contribution in [3.63, 3.8) is 0 Å². The molecule has 13 heavy (non-hydrogen) atoms. The van der Waals surface area contributed by atoms with Gasteiger partial charge >= 0.3 is 0 Å². The molecule has 1 heteroatoms. The van der Waals surface area contributed by atoms with Crippen LogP contribution in [0.1, 0.15) is 52.4 Å². The Kier molecular flexibility index (Phi) is 3.98. The summed E-state index contributed by atoms with van der Waals surface area (Å²) in [6.07, 6.45) is 10.9. The van der Waals surface area contributed by atoms with E-state index >= 15 is 0 Å². The molecule has 0 spiro atoms. The van der Waals surface area contributed by atoms with Crippen LogP contribution in [0, 0.1) is 5.92 Å². The van der Waals surface area contributed by atoms with Crippen molar-refractivity contribution < 1.29 is 5.11 Å². The summed E-state index contributed by atoms with van der Waals surface area (Å²) in [7, 11) is 0. The molecular formula is C12H22O. The van der Waals surface area contributed by atoms with Crippen molar-refractivity contribution in [1.82, 2.24) is 0 Å². The highest BCUT2D eigenvalue weighted by molar-refractivity contribution is 4.94. The Hall–Kier alpha value is -0.300. The van der Waals surface area contributed by atoms with Gasteiger partial charge in [0.05, 0.1) is 5.60 Å². The van der Waals surface area contributed by atoms with E-state index in [9.17, 15) is 5.11 Å². The van der Waals surface area contributed by atoms with Crippen LogP contribution in [0.25, 0.3) is 0 Å². The van der Waals surface area contributed by atoms with Gasteiger partial charge in [0.25, 0.3) is 0 Å². The Morgan fingerprint density at radius 1 is 1.23 bits per heavy atom. The van der Waals surface area contributed by atoms with Crippen molar-refractivity contribution in [3.05, 3.63) is 12.2 Å². The average molecular weight is 182 g/mol. The maximum absolute atomic E-state index is 10.1. The van der Waals surface area contributed by atoms with Crippen LogP contribution in [0.2, 0.25) is 0 Å². The summed E-state index contributed by atoms with van der Waals surface area (Å²) < 4.78 is 0. The van der Waals surface area contributed by atoms with Crippen LogP contribution in [0.3, 0.4) is 0 Å². The zero-order valence-electron chi connectivity index (χ0n) is 8.92. The third-order valence-electron chi connectivity index (χ3n) is 2.80. The molecule has 0 unspecified atom stereocenters. The fourth-order valence-electron chi connectivity index (χ4n) is 1.97. The molecule has 0 atom stereocenters. The molecule has 0 aliphatic heterocycles. The zero-order valence-corrected chi connectivity index (χ0v) is 8.92. The molecule has 1 rings (SSSR count). The van der Waals surface area contributed by atoms with Crippen LogP contribution >= 0.6 is 0 Å². The summed E-state index contributed by atoms with van der Waals surface area (Å²) in [5.74, 6) is 0.604. The number of rotatable bonds is 3. The molecule has 0 bridgehead atoms. The minimum Gasteiger partial charge on any atom is -0.390 e. The normalized spacial score (nSPS) is 22.8. The molecule has 1 aliphatic carbocycles. The third-order valence-corrected chi connectivity index (χ3v) is 2.80. The molecule has 1 nitrogen and oxygen atoms in total. The Morgan fingerprint density at radius 3 is 2.38 bits per heavy atom. The van der Waals surface area contributed by atoms with Crippen LogP contribution < -0.4 is 0 Å². The highest BCUT2D eigenvalue weighted by Gasteiger charge is 2.27. The molecule has 1 aliphatic rings. The molecule has 0 aromatic carbocycles. The first-order valence-electron chi connectivity index (χ1n) is 5.51. The highest BCUT2D eigenvalue weighted by Crippen LogP contribution is 2.31. The standard InChI is InChI=1S/C12H22O/c1-11(2)7-6-10-12(13)8-4-3-5-9-12/h6-7,11,13H,3-5,8-10H2,1-2H3. The molecule has 0 radical (unpaired) electrons. The predicted octanol–water partition coefficient (Wildman–Crippen LogP) is 3.28. The van der Waals surface area contributed by atoms with Gasteiger partial charge < -0.3 is 5.11 Å². The van der Waals surface area contributed by atoms with E-state index in [1.807, 2.05) is 0 Å². The van der Waals surface area contributed by atoms with E-state index in [1.165, 1.54) is 19.3 Å². The summed E-state index contributed by atoms with van der Waals surface area (Å²) in [6, 6.07) is 0. The smallest absolute Gasteiger partial charge is 0.0682 e. The van der Waals surface area contributed by atoms with E-state index < -0.39 is 0 Å². The molecule has 76 valence electrons. The quantitative estimate of drug-likeness (QED) is 0.664. The van der Waals surface area contributed by atoms with Crippen molar-refractivity contribution >= 4 is 0 Å². The average Bonchev–Trinajstić information content (AvgIpc) is 2.04. The van der Waals surface area contributed by atoms with Crippen molar-refractivity contribution in [2.24, 2.45) is 5.92 Å². The second kappa shape index (κ2) is 4.80. The van der Waals surface area contributed by atoms with Gasteiger partial charge in [-0.05, 0) is 25.2 Å². The molecule has 1 saturated carbocycles. The van der Waals surface area contributed by atoms with Crippen LogP contribution in [-0.4, -0.2) is 10.7 Å². The Labute approximate surface area is 81.9 Å². The molecule has 1 N–H and O–H groups in total. The van der Waals surface area contributed by atoms with Crippen LogP contribution in [0.4, 0.5) is 0 Å². The third kappa shape index (κ3) is 3.95. The molecular weight excluding hydrogens is 160 g/mol. The number of allylic oxidation sites excluding steroid dienone is 1. The van der Waals surface area contributed by atoms with E-state index in [4.69, 9.17) is 0 Å². The van der Waals surface area contributed by atoms with Crippen LogP contribution in [0.15, 0.2) is 12.2 Å². The predicted molar refractivity (Wildman–Crippen MR) is 56.6 cm³/mol. The lowest BCUT2D eigenvalue weighted by Crippen LogP contribution is -2.30. The maximum atomic E-state index is 10.1. The van der Waals surface area contributed by atoms with E-state index in [0.717, 1.165) is 19.3 Å². The van der Waals surface area contributed by atoms with E-state index in [1.54, 1.807) is 0 Å². The largest absolute Gasteiger partial charge is 0.390 e. The summed E-state index contributed by atoms with van der Waals surface area (Å²) in [6.45, 7) is 4.34. The fraction of sp³-hybridized carbons (Fsp3) is 0.833. The van der Waals surface area contributed by atoms with Crippen molar-refractivity contribution in [3.8, 4) is 0 Å². The lowest BCUT2D eigenvalue weighted by atomic mass is 9.82. The molecule has 0 saturated heterocycles. The van der Waals surface area contributed by atoms with Gasteiger partial charge in [-0.1, -0.05) is 45.3 Å². The van der Waals surface area contributed by atoms with Gasteiger partial charge in [-0.25, -0.2) is 0 Å². The second-order valence-corrected chi connectivity index (χ2v) is 4.66. The Bertz CT molecular complexity index is 164. The van der Waals surface area contributed by atoms with Gasteiger partial charge in [-0.2, -0.15) is 0 Å². The topological polar surface area (TPSA) is 20.2 Å². The monoisotopic (exact) mass is 182 g/mol. The van der Waals surface area contributed by atoms with Gasteiger partial charge in [-0.15, -0.1) is 0 Å². The van der Waals surface area contributed by atoms with E-state index in [0.29, 0.717) is 5.92 Å². The molecule has 0 amide bonds. The van der Waals surface area contributed by atoms with Crippen molar-refractivity contribution in [1.29, 1.82) is 0 Å². The van der Waals surface area contributed by atoms with Crippen molar-refractivity contribution in [2.75, 3.05) is 0 Å². The summed E-state index contributed by atoms with van der Waals surface area (Å²) >= 11 is 0. The van der Waals surface area contributed by atoms with Crippen LogP contribution in [0.5, 0.6) is 0 Å². The molecule has 0 heterocycles. The van der Waals surface area contributed by atoms with Gasteiger partial charge in [-0.3, -0.25) is 0 Å². The van der Waals surface area contributed by atoms with Gasteiger partial charge in [0.15, 0.2) is 0 Å². The second-order valence-electron chi connectivity index (χ2n) is 4.66.